The third-order valence-electron chi connectivity index (χ3n) is 4.22. The second-order valence-electron chi connectivity index (χ2n) is 5.41. The molecule has 5 heteroatoms. The molecule has 2 saturated heterocycles. The standard InChI is InChI=1S/C14H16BrN3O/c15-11-1-2-14-10(5-11)7-16-18(14)4-3-17-8-13-6-12(17)9-19-13/h1-2,5,7,12-13H,3-4,6,8-9H2. The molecular weight excluding hydrogens is 306 g/mol. The lowest BCUT2D eigenvalue weighted by Crippen LogP contribution is -2.38. The highest BCUT2D eigenvalue weighted by Gasteiger charge is 2.38. The van der Waals surface area contributed by atoms with Crippen LogP contribution in [0, 0.1) is 0 Å². The molecule has 2 aromatic rings. The molecule has 2 aliphatic heterocycles. The van der Waals surface area contributed by atoms with Gasteiger partial charge in [0, 0.05) is 29.0 Å². The number of fused-ring (bicyclic) bond motifs is 3. The van der Waals surface area contributed by atoms with E-state index in [1.54, 1.807) is 0 Å². The largest absolute Gasteiger partial charge is 0.375 e. The first kappa shape index (κ1) is 11.9. The van der Waals surface area contributed by atoms with E-state index in [0.29, 0.717) is 12.1 Å². The van der Waals surface area contributed by atoms with E-state index in [1.165, 1.54) is 17.3 Å². The highest BCUT2D eigenvalue weighted by molar-refractivity contribution is 9.10. The summed E-state index contributed by atoms with van der Waals surface area (Å²) in [5.74, 6) is 0. The van der Waals surface area contributed by atoms with E-state index in [4.69, 9.17) is 4.74 Å². The van der Waals surface area contributed by atoms with Crippen LogP contribution in [0.15, 0.2) is 28.9 Å². The number of hydrogen-bond acceptors (Lipinski definition) is 3. The van der Waals surface area contributed by atoms with Crippen LogP contribution in [-0.4, -0.2) is 46.5 Å². The van der Waals surface area contributed by atoms with Crippen molar-refractivity contribution in [3.8, 4) is 0 Å². The number of ether oxygens (including phenoxy) is 1. The van der Waals surface area contributed by atoms with Crippen molar-refractivity contribution in [2.45, 2.75) is 25.1 Å². The van der Waals surface area contributed by atoms with Gasteiger partial charge in [0.05, 0.1) is 31.0 Å². The normalized spacial score (nSPS) is 26.6. The molecule has 0 amide bonds. The van der Waals surface area contributed by atoms with Crippen molar-refractivity contribution in [2.75, 3.05) is 19.7 Å². The minimum Gasteiger partial charge on any atom is -0.375 e. The van der Waals surface area contributed by atoms with Gasteiger partial charge in [-0.15, -0.1) is 0 Å². The van der Waals surface area contributed by atoms with Crippen LogP contribution < -0.4 is 0 Å². The quantitative estimate of drug-likeness (QED) is 0.868. The van der Waals surface area contributed by atoms with Crippen LogP contribution in [0.2, 0.25) is 0 Å². The lowest BCUT2D eigenvalue weighted by Gasteiger charge is -2.26. The highest BCUT2D eigenvalue weighted by Crippen LogP contribution is 2.27. The van der Waals surface area contributed by atoms with Gasteiger partial charge in [-0.25, -0.2) is 0 Å². The first-order valence-electron chi connectivity index (χ1n) is 6.76. The fourth-order valence-corrected chi connectivity index (χ4v) is 3.59. The molecule has 4 rings (SSSR count). The first-order chi connectivity index (χ1) is 9.29. The van der Waals surface area contributed by atoms with Crippen molar-refractivity contribution in [1.29, 1.82) is 0 Å². The van der Waals surface area contributed by atoms with E-state index < -0.39 is 0 Å². The third-order valence-corrected chi connectivity index (χ3v) is 4.71. The van der Waals surface area contributed by atoms with E-state index in [9.17, 15) is 0 Å². The zero-order chi connectivity index (χ0) is 12.8. The number of halogens is 1. The summed E-state index contributed by atoms with van der Waals surface area (Å²) in [6.45, 7) is 4.03. The number of aromatic nitrogens is 2. The van der Waals surface area contributed by atoms with Gasteiger partial charge in [0.15, 0.2) is 0 Å². The number of likely N-dealkylation sites (tertiary alicyclic amines) is 1. The molecule has 0 spiro atoms. The van der Waals surface area contributed by atoms with Crippen molar-refractivity contribution >= 4 is 26.8 Å². The molecular formula is C14H16BrN3O. The maximum atomic E-state index is 5.63. The average molecular weight is 322 g/mol. The van der Waals surface area contributed by atoms with Gasteiger partial charge in [0.2, 0.25) is 0 Å². The van der Waals surface area contributed by atoms with Crippen LogP contribution in [0.25, 0.3) is 10.9 Å². The number of rotatable bonds is 3. The maximum absolute atomic E-state index is 5.63. The fraction of sp³-hybridized carbons (Fsp3) is 0.500. The minimum absolute atomic E-state index is 0.482. The summed E-state index contributed by atoms with van der Waals surface area (Å²) in [4.78, 5) is 2.54. The van der Waals surface area contributed by atoms with Gasteiger partial charge in [-0.3, -0.25) is 9.58 Å². The van der Waals surface area contributed by atoms with Crippen molar-refractivity contribution in [2.24, 2.45) is 0 Å². The van der Waals surface area contributed by atoms with E-state index in [1.807, 2.05) is 6.20 Å². The molecule has 0 saturated carbocycles. The topological polar surface area (TPSA) is 30.3 Å². The van der Waals surface area contributed by atoms with Crippen molar-refractivity contribution in [3.05, 3.63) is 28.9 Å². The zero-order valence-corrected chi connectivity index (χ0v) is 12.2. The number of benzene rings is 1. The summed E-state index contributed by atoms with van der Waals surface area (Å²) in [7, 11) is 0. The summed E-state index contributed by atoms with van der Waals surface area (Å²) in [5, 5.41) is 5.69. The molecule has 2 aliphatic rings. The molecule has 4 nitrogen and oxygen atoms in total. The zero-order valence-electron chi connectivity index (χ0n) is 10.6. The van der Waals surface area contributed by atoms with Crippen LogP contribution in [0.4, 0.5) is 0 Å². The van der Waals surface area contributed by atoms with Crippen molar-refractivity contribution in [3.63, 3.8) is 0 Å². The molecule has 0 N–H and O–H groups in total. The summed E-state index contributed by atoms with van der Waals surface area (Å²) in [6, 6.07) is 6.96. The van der Waals surface area contributed by atoms with E-state index in [-0.39, 0.29) is 0 Å². The SMILES string of the molecule is Brc1ccc2c(cnn2CCN2CC3CC2CO3)c1. The molecule has 0 radical (unpaired) electrons. The molecule has 0 aliphatic carbocycles. The van der Waals surface area contributed by atoms with Gasteiger partial charge in [-0.2, -0.15) is 5.10 Å². The van der Waals surface area contributed by atoms with Crippen molar-refractivity contribution < 1.29 is 4.74 Å². The maximum Gasteiger partial charge on any atom is 0.0718 e. The summed E-state index contributed by atoms with van der Waals surface area (Å²) >= 11 is 3.50. The van der Waals surface area contributed by atoms with E-state index in [2.05, 4.69) is 48.8 Å². The van der Waals surface area contributed by atoms with Gasteiger partial charge in [0.1, 0.15) is 0 Å². The Kier molecular flexibility index (Phi) is 2.86. The smallest absolute Gasteiger partial charge is 0.0718 e. The molecule has 100 valence electrons. The predicted octanol–water partition coefficient (Wildman–Crippen LogP) is 2.27. The van der Waals surface area contributed by atoms with Crippen molar-refractivity contribution in [1.82, 2.24) is 14.7 Å². The lowest BCUT2D eigenvalue weighted by atomic mass is 10.2. The number of hydrogen-bond donors (Lipinski definition) is 0. The Bertz CT molecular complexity index is 612. The number of morpholine rings is 1. The monoisotopic (exact) mass is 321 g/mol. The summed E-state index contributed by atoms with van der Waals surface area (Å²) in [6.07, 6.45) is 3.64. The molecule has 1 aromatic heterocycles. The highest BCUT2D eigenvalue weighted by atomic mass is 79.9. The molecule has 2 unspecified atom stereocenters. The van der Waals surface area contributed by atoms with Gasteiger partial charge < -0.3 is 4.74 Å². The molecule has 2 fully saturated rings. The van der Waals surface area contributed by atoms with Crippen LogP contribution in [0.1, 0.15) is 6.42 Å². The Morgan fingerprint density at radius 1 is 1.37 bits per heavy atom. The summed E-state index contributed by atoms with van der Waals surface area (Å²) in [5.41, 5.74) is 1.21. The van der Waals surface area contributed by atoms with Gasteiger partial charge in [-0.1, -0.05) is 15.9 Å². The van der Waals surface area contributed by atoms with Crippen LogP contribution in [-0.2, 0) is 11.3 Å². The Balaban J connectivity index is 1.49. The van der Waals surface area contributed by atoms with Gasteiger partial charge in [-0.05, 0) is 24.6 Å². The Morgan fingerprint density at radius 2 is 2.32 bits per heavy atom. The Labute approximate surface area is 120 Å². The predicted molar refractivity (Wildman–Crippen MR) is 77.2 cm³/mol. The molecule has 3 heterocycles. The first-order valence-corrected chi connectivity index (χ1v) is 7.55. The molecule has 2 atom stereocenters. The lowest BCUT2D eigenvalue weighted by molar-refractivity contribution is 0.0291. The third kappa shape index (κ3) is 2.10. The minimum atomic E-state index is 0.482. The van der Waals surface area contributed by atoms with E-state index >= 15 is 0 Å². The Morgan fingerprint density at radius 3 is 3.11 bits per heavy atom. The fourth-order valence-electron chi connectivity index (χ4n) is 3.21. The van der Waals surface area contributed by atoms with Crippen LogP contribution in [0.5, 0.6) is 0 Å². The van der Waals surface area contributed by atoms with Crippen LogP contribution in [0.3, 0.4) is 0 Å². The summed E-state index contributed by atoms with van der Waals surface area (Å²) < 4.78 is 8.84. The number of nitrogens with zero attached hydrogens (tertiary/aromatic N) is 3. The Hall–Kier alpha value is -0.910. The van der Waals surface area contributed by atoms with Crippen LogP contribution >= 0.6 is 15.9 Å². The molecule has 19 heavy (non-hydrogen) atoms. The molecule has 2 bridgehead atoms. The second kappa shape index (κ2) is 4.58. The van der Waals surface area contributed by atoms with Gasteiger partial charge >= 0.3 is 0 Å². The van der Waals surface area contributed by atoms with Gasteiger partial charge in [0.25, 0.3) is 0 Å². The molecule has 1 aromatic carbocycles. The second-order valence-corrected chi connectivity index (χ2v) is 6.33. The average Bonchev–Trinajstić information content (AvgIpc) is 3.10. The van der Waals surface area contributed by atoms with E-state index in [0.717, 1.165) is 30.7 Å².